The van der Waals surface area contributed by atoms with Gasteiger partial charge >= 0.3 is 0 Å². The van der Waals surface area contributed by atoms with E-state index in [1.54, 1.807) is 19.1 Å². The summed E-state index contributed by atoms with van der Waals surface area (Å²) in [6, 6.07) is 4.85. The van der Waals surface area contributed by atoms with Crippen LogP contribution in [-0.4, -0.2) is 22.7 Å². The van der Waals surface area contributed by atoms with Crippen molar-refractivity contribution in [1.82, 2.24) is 0 Å². The zero-order valence-electron chi connectivity index (χ0n) is 11.0. The van der Waals surface area contributed by atoms with Crippen molar-refractivity contribution in [3.8, 4) is 0 Å². The van der Waals surface area contributed by atoms with Gasteiger partial charge in [0.15, 0.2) is 0 Å². The molecule has 0 aliphatic carbocycles. The molecule has 2 N–H and O–H groups in total. The zero-order chi connectivity index (χ0) is 13.7. The summed E-state index contributed by atoms with van der Waals surface area (Å²) in [6.45, 7) is 5.87. The van der Waals surface area contributed by atoms with E-state index in [-0.39, 0.29) is 18.3 Å². The molecule has 5 nitrogen and oxygen atoms in total. The minimum absolute atomic E-state index is 0.0142. The van der Waals surface area contributed by atoms with E-state index in [4.69, 9.17) is 0 Å². The molecule has 0 saturated carbocycles. The highest BCUT2D eigenvalue weighted by molar-refractivity contribution is 5.60. The van der Waals surface area contributed by atoms with Crippen LogP contribution < -0.4 is 5.32 Å². The molecule has 0 saturated heterocycles. The van der Waals surface area contributed by atoms with Crippen LogP contribution in [-0.2, 0) is 0 Å². The zero-order valence-corrected chi connectivity index (χ0v) is 11.0. The smallest absolute Gasteiger partial charge is 0.274 e. The van der Waals surface area contributed by atoms with E-state index >= 15 is 0 Å². The van der Waals surface area contributed by atoms with Crippen molar-refractivity contribution >= 4 is 11.4 Å². The molecule has 0 bridgehead atoms. The van der Waals surface area contributed by atoms with Gasteiger partial charge in [-0.15, -0.1) is 0 Å². The first-order valence-corrected chi connectivity index (χ1v) is 6.07. The highest BCUT2D eigenvalue weighted by Crippen LogP contribution is 2.26. The fraction of sp³-hybridized carbons (Fsp3) is 0.538. The summed E-state index contributed by atoms with van der Waals surface area (Å²) in [7, 11) is 0. The Morgan fingerprint density at radius 3 is 2.61 bits per heavy atom. The lowest BCUT2D eigenvalue weighted by molar-refractivity contribution is -0.385. The largest absolute Gasteiger partial charge is 0.394 e. The van der Waals surface area contributed by atoms with Gasteiger partial charge in [-0.2, -0.15) is 0 Å². The number of nitrogens with zero attached hydrogens (tertiary/aromatic N) is 1. The number of rotatable bonds is 6. The first kappa shape index (κ1) is 14.4. The van der Waals surface area contributed by atoms with Crippen molar-refractivity contribution in [3.05, 3.63) is 33.9 Å². The Hall–Kier alpha value is -1.62. The maximum absolute atomic E-state index is 10.8. The Morgan fingerprint density at radius 2 is 2.11 bits per heavy atom. The Labute approximate surface area is 107 Å². The molecule has 1 aromatic rings. The summed E-state index contributed by atoms with van der Waals surface area (Å²) in [5.41, 5.74) is 1.41. The van der Waals surface area contributed by atoms with Gasteiger partial charge in [0, 0.05) is 23.4 Å². The van der Waals surface area contributed by atoms with E-state index < -0.39 is 4.92 Å². The molecule has 1 rings (SSSR count). The maximum Gasteiger partial charge on any atom is 0.274 e. The van der Waals surface area contributed by atoms with Gasteiger partial charge in [-0.05, 0) is 25.3 Å². The molecular weight excluding hydrogens is 232 g/mol. The van der Waals surface area contributed by atoms with E-state index in [2.05, 4.69) is 19.2 Å². The van der Waals surface area contributed by atoms with Crippen LogP contribution in [0, 0.1) is 23.0 Å². The predicted molar refractivity (Wildman–Crippen MR) is 71.8 cm³/mol. The first-order chi connectivity index (χ1) is 8.45. The van der Waals surface area contributed by atoms with Gasteiger partial charge < -0.3 is 10.4 Å². The van der Waals surface area contributed by atoms with Gasteiger partial charge in [0.1, 0.15) is 0 Å². The van der Waals surface area contributed by atoms with Gasteiger partial charge in [-0.25, -0.2) is 0 Å². The summed E-state index contributed by atoms with van der Waals surface area (Å²) in [5, 5.41) is 23.3. The molecular formula is C13H20N2O3. The van der Waals surface area contributed by atoms with Crippen molar-refractivity contribution in [2.24, 2.45) is 5.92 Å². The van der Waals surface area contributed by atoms with Gasteiger partial charge in [0.25, 0.3) is 5.69 Å². The third-order valence-electron chi connectivity index (χ3n) is 2.84. The number of nitrogens with one attached hydrogen (secondary N) is 1. The summed E-state index contributed by atoms with van der Waals surface area (Å²) in [6.07, 6.45) is 0.818. The van der Waals surface area contributed by atoms with Crippen molar-refractivity contribution in [2.45, 2.75) is 33.2 Å². The molecule has 1 unspecified atom stereocenters. The Balaban J connectivity index is 2.89. The molecule has 18 heavy (non-hydrogen) atoms. The number of anilines is 1. The van der Waals surface area contributed by atoms with Gasteiger partial charge in [0.2, 0.25) is 0 Å². The summed E-state index contributed by atoms with van der Waals surface area (Å²) in [4.78, 5) is 10.4. The lowest BCUT2D eigenvalue weighted by atomic mass is 10.0. The number of aliphatic hydroxyl groups excluding tert-OH is 1. The van der Waals surface area contributed by atoms with Crippen LogP contribution in [0.5, 0.6) is 0 Å². The fourth-order valence-electron chi connectivity index (χ4n) is 1.95. The number of hydrogen-bond donors (Lipinski definition) is 2. The van der Waals surface area contributed by atoms with Crippen LogP contribution in [0.15, 0.2) is 18.2 Å². The van der Waals surface area contributed by atoms with E-state index in [0.29, 0.717) is 17.2 Å². The fourth-order valence-corrected chi connectivity index (χ4v) is 1.95. The molecule has 0 aromatic heterocycles. The highest BCUT2D eigenvalue weighted by atomic mass is 16.6. The van der Waals surface area contributed by atoms with Crippen LogP contribution >= 0.6 is 0 Å². The predicted octanol–water partition coefficient (Wildman–Crippen LogP) is 2.72. The molecule has 0 aliphatic rings. The second-order valence-corrected chi connectivity index (χ2v) is 4.86. The average molecular weight is 252 g/mol. The van der Waals surface area contributed by atoms with Crippen LogP contribution in [0.2, 0.25) is 0 Å². The number of aliphatic hydroxyl groups is 1. The molecule has 1 aromatic carbocycles. The third-order valence-corrected chi connectivity index (χ3v) is 2.84. The molecule has 0 spiro atoms. The van der Waals surface area contributed by atoms with Gasteiger partial charge in [0.05, 0.1) is 11.5 Å². The van der Waals surface area contributed by atoms with Crippen molar-refractivity contribution in [1.29, 1.82) is 0 Å². The Morgan fingerprint density at radius 1 is 1.44 bits per heavy atom. The SMILES string of the molecule is Cc1c(NC(CO)CC(C)C)cccc1[N+](=O)[O-]. The average Bonchev–Trinajstić information content (AvgIpc) is 2.29. The van der Waals surface area contributed by atoms with E-state index in [0.717, 1.165) is 6.42 Å². The first-order valence-electron chi connectivity index (χ1n) is 6.07. The van der Waals surface area contributed by atoms with Crippen LogP contribution in [0.1, 0.15) is 25.8 Å². The van der Waals surface area contributed by atoms with Crippen LogP contribution in [0.4, 0.5) is 11.4 Å². The summed E-state index contributed by atoms with van der Waals surface area (Å²) in [5.74, 6) is 0.452. The van der Waals surface area contributed by atoms with Crippen molar-refractivity contribution in [3.63, 3.8) is 0 Å². The van der Waals surface area contributed by atoms with Crippen molar-refractivity contribution in [2.75, 3.05) is 11.9 Å². The molecule has 0 aliphatic heterocycles. The minimum Gasteiger partial charge on any atom is -0.394 e. The van der Waals surface area contributed by atoms with Crippen molar-refractivity contribution < 1.29 is 10.0 Å². The highest BCUT2D eigenvalue weighted by Gasteiger charge is 2.16. The monoisotopic (exact) mass is 252 g/mol. The lowest BCUT2D eigenvalue weighted by Gasteiger charge is -2.20. The van der Waals surface area contributed by atoms with E-state index in [1.165, 1.54) is 6.07 Å². The molecule has 100 valence electrons. The summed E-state index contributed by atoms with van der Waals surface area (Å²) < 4.78 is 0. The van der Waals surface area contributed by atoms with Crippen LogP contribution in [0.3, 0.4) is 0 Å². The third kappa shape index (κ3) is 3.70. The topological polar surface area (TPSA) is 75.4 Å². The van der Waals surface area contributed by atoms with Gasteiger partial charge in [-0.3, -0.25) is 10.1 Å². The normalized spacial score (nSPS) is 12.5. The second kappa shape index (κ2) is 6.35. The standard InChI is InChI=1S/C13H20N2O3/c1-9(2)7-11(8-16)14-12-5-4-6-13(10(12)3)15(17)18/h4-6,9,11,14,16H,7-8H2,1-3H3. The molecule has 1 atom stereocenters. The van der Waals surface area contributed by atoms with E-state index in [9.17, 15) is 15.2 Å². The summed E-state index contributed by atoms with van der Waals surface area (Å²) >= 11 is 0. The molecule has 0 amide bonds. The van der Waals surface area contributed by atoms with E-state index in [1.807, 2.05) is 0 Å². The molecule has 5 heteroatoms. The second-order valence-electron chi connectivity index (χ2n) is 4.86. The Kier molecular flexibility index (Phi) is 5.09. The molecule has 0 heterocycles. The van der Waals surface area contributed by atoms with Gasteiger partial charge in [-0.1, -0.05) is 19.9 Å². The number of hydrogen-bond acceptors (Lipinski definition) is 4. The maximum atomic E-state index is 10.8. The molecule has 0 fully saturated rings. The lowest BCUT2D eigenvalue weighted by Crippen LogP contribution is -2.26. The quantitative estimate of drug-likeness (QED) is 0.603. The Bertz CT molecular complexity index is 419. The van der Waals surface area contributed by atoms with Crippen LogP contribution in [0.25, 0.3) is 0 Å². The molecule has 0 radical (unpaired) electrons. The number of nitro groups is 1. The minimum atomic E-state index is -0.392. The number of benzene rings is 1. The number of nitro benzene ring substituents is 1.